The van der Waals surface area contributed by atoms with Gasteiger partial charge in [-0.2, -0.15) is 0 Å². The zero-order chi connectivity index (χ0) is 11.6. The molecule has 0 aliphatic rings. The molecule has 0 amide bonds. The molecule has 1 aromatic rings. The lowest BCUT2D eigenvalue weighted by Gasteiger charge is -2.10. The van der Waals surface area contributed by atoms with Crippen molar-refractivity contribution in [2.45, 2.75) is 13.0 Å². The fraction of sp³-hybridized carbons (Fsp3) is 0.250. The summed E-state index contributed by atoms with van der Waals surface area (Å²) < 4.78 is 24.9. The molecule has 0 aliphatic heterocycles. The molecule has 0 bridgehead atoms. The summed E-state index contributed by atoms with van der Waals surface area (Å²) in [7, 11) is 0. The maximum atomic E-state index is 12.5. The maximum absolute atomic E-state index is 12.5. The summed E-state index contributed by atoms with van der Waals surface area (Å²) >= 11 is 2.90. The number of alkyl halides is 2. The van der Waals surface area contributed by atoms with Gasteiger partial charge in [-0.25, -0.2) is 18.6 Å². The molecule has 0 saturated heterocycles. The highest BCUT2D eigenvalue weighted by molar-refractivity contribution is 9.10. The average molecular weight is 281 g/mol. The Morgan fingerprint density at radius 1 is 1.67 bits per heavy atom. The van der Waals surface area contributed by atoms with Gasteiger partial charge in [-0.15, -0.1) is 0 Å². The number of carboxylic acid groups (broad SMARTS) is 1. The van der Waals surface area contributed by atoms with E-state index in [4.69, 9.17) is 10.8 Å². The van der Waals surface area contributed by atoms with Crippen LogP contribution in [0.2, 0.25) is 0 Å². The highest BCUT2D eigenvalue weighted by Crippen LogP contribution is 2.29. The number of nitrogens with two attached hydrogens (primary N) is 1. The van der Waals surface area contributed by atoms with Crippen molar-refractivity contribution in [3.63, 3.8) is 0 Å². The van der Waals surface area contributed by atoms with Crippen molar-refractivity contribution in [3.05, 3.63) is 27.5 Å². The topological polar surface area (TPSA) is 76.2 Å². The van der Waals surface area contributed by atoms with Crippen LogP contribution in [0.15, 0.2) is 10.7 Å². The Hall–Kier alpha value is -1.08. The van der Waals surface area contributed by atoms with Crippen molar-refractivity contribution >= 4 is 21.9 Å². The fourth-order valence-corrected chi connectivity index (χ4v) is 1.75. The van der Waals surface area contributed by atoms with E-state index in [9.17, 15) is 13.6 Å². The third-order valence-corrected chi connectivity index (χ3v) is 2.65. The molecule has 0 fully saturated rings. The van der Waals surface area contributed by atoms with E-state index in [2.05, 4.69) is 20.9 Å². The van der Waals surface area contributed by atoms with Gasteiger partial charge in [0.25, 0.3) is 6.43 Å². The van der Waals surface area contributed by atoms with Crippen molar-refractivity contribution in [1.82, 2.24) is 4.98 Å². The highest BCUT2D eigenvalue weighted by atomic mass is 79.9. The average Bonchev–Trinajstić information content (AvgIpc) is 2.16. The third-order valence-electron chi connectivity index (χ3n) is 1.80. The van der Waals surface area contributed by atoms with E-state index in [0.29, 0.717) is 0 Å². The van der Waals surface area contributed by atoms with Crippen LogP contribution < -0.4 is 5.73 Å². The van der Waals surface area contributed by atoms with E-state index >= 15 is 0 Å². The normalized spacial score (nSPS) is 10.7. The number of nitrogens with zero attached hydrogens (tertiary/aromatic N) is 1. The van der Waals surface area contributed by atoms with Crippen LogP contribution in [-0.2, 0) is 6.54 Å². The van der Waals surface area contributed by atoms with Gasteiger partial charge in [0.1, 0.15) is 0 Å². The van der Waals surface area contributed by atoms with E-state index in [-0.39, 0.29) is 27.8 Å². The molecule has 0 aliphatic carbocycles. The lowest BCUT2D eigenvalue weighted by Crippen LogP contribution is -2.10. The molecule has 0 radical (unpaired) electrons. The zero-order valence-corrected chi connectivity index (χ0v) is 8.96. The van der Waals surface area contributed by atoms with E-state index in [1.165, 1.54) is 0 Å². The van der Waals surface area contributed by atoms with Gasteiger partial charge in [0.2, 0.25) is 0 Å². The number of halogens is 3. The van der Waals surface area contributed by atoms with Gasteiger partial charge >= 0.3 is 5.97 Å². The monoisotopic (exact) mass is 280 g/mol. The first kappa shape index (κ1) is 12.0. The number of carbonyl (C=O) groups is 1. The van der Waals surface area contributed by atoms with Gasteiger partial charge < -0.3 is 10.8 Å². The number of hydrogen-bond donors (Lipinski definition) is 2. The molecule has 0 aromatic carbocycles. The van der Waals surface area contributed by atoms with Gasteiger partial charge in [0.15, 0.2) is 5.69 Å². The van der Waals surface area contributed by atoms with Crippen molar-refractivity contribution in [2.75, 3.05) is 0 Å². The highest BCUT2D eigenvalue weighted by Gasteiger charge is 2.20. The van der Waals surface area contributed by atoms with Crippen LogP contribution in [-0.4, -0.2) is 16.1 Å². The first-order valence-corrected chi connectivity index (χ1v) is 4.67. The quantitative estimate of drug-likeness (QED) is 0.887. The second-order valence-corrected chi connectivity index (χ2v) is 3.46. The minimum Gasteiger partial charge on any atom is -0.476 e. The molecule has 3 N–H and O–H groups in total. The molecule has 7 heteroatoms. The van der Waals surface area contributed by atoms with Crippen molar-refractivity contribution in [1.29, 1.82) is 0 Å². The number of aromatic carboxylic acids is 1. The summed E-state index contributed by atoms with van der Waals surface area (Å²) in [5, 5.41) is 8.69. The summed E-state index contributed by atoms with van der Waals surface area (Å²) in [5.41, 5.74) is 4.67. The number of aromatic nitrogens is 1. The van der Waals surface area contributed by atoms with E-state index in [1.807, 2.05) is 0 Å². The maximum Gasteiger partial charge on any atom is 0.355 e. The van der Waals surface area contributed by atoms with E-state index in [0.717, 1.165) is 6.20 Å². The Bertz CT molecular complexity index is 398. The molecule has 4 nitrogen and oxygen atoms in total. The van der Waals surface area contributed by atoms with Crippen LogP contribution in [0.25, 0.3) is 0 Å². The molecule has 1 aromatic heterocycles. The van der Waals surface area contributed by atoms with Gasteiger partial charge in [0.05, 0.1) is 4.47 Å². The molecule has 0 saturated carbocycles. The first-order chi connectivity index (χ1) is 6.99. The van der Waals surface area contributed by atoms with Crippen LogP contribution in [0, 0.1) is 0 Å². The van der Waals surface area contributed by atoms with Crippen LogP contribution in [0.5, 0.6) is 0 Å². The molecular formula is C8H7BrF2N2O2. The molecule has 15 heavy (non-hydrogen) atoms. The summed E-state index contributed by atoms with van der Waals surface area (Å²) in [6.45, 7) is -0.178. The molecule has 0 unspecified atom stereocenters. The first-order valence-electron chi connectivity index (χ1n) is 3.87. The second-order valence-electron chi connectivity index (χ2n) is 2.66. The van der Waals surface area contributed by atoms with E-state index < -0.39 is 12.4 Å². The number of pyridine rings is 1. The molecule has 1 heterocycles. The molecule has 82 valence electrons. The Balaban J connectivity index is 3.39. The summed E-state index contributed by atoms with van der Waals surface area (Å²) in [6, 6.07) is 0. The fourth-order valence-electron chi connectivity index (χ4n) is 1.08. The number of carboxylic acids is 1. The Labute approximate surface area is 92.2 Å². The SMILES string of the molecule is NCc1c(C(F)F)cnc(C(=O)O)c1Br. The third kappa shape index (κ3) is 2.29. The Morgan fingerprint density at radius 3 is 2.67 bits per heavy atom. The van der Waals surface area contributed by atoms with Crippen molar-refractivity contribution in [2.24, 2.45) is 5.73 Å². The van der Waals surface area contributed by atoms with E-state index in [1.54, 1.807) is 0 Å². The predicted octanol–water partition coefficient (Wildman–Crippen LogP) is 1.94. The van der Waals surface area contributed by atoms with Crippen LogP contribution >= 0.6 is 15.9 Å². The van der Waals surface area contributed by atoms with Crippen molar-refractivity contribution in [3.8, 4) is 0 Å². The minimum absolute atomic E-state index is 0.00954. The Morgan fingerprint density at radius 2 is 2.27 bits per heavy atom. The number of hydrogen-bond acceptors (Lipinski definition) is 3. The molecular weight excluding hydrogens is 274 g/mol. The molecule has 0 atom stereocenters. The number of rotatable bonds is 3. The second kappa shape index (κ2) is 4.63. The summed E-state index contributed by atoms with van der Waals surface area (Å²) in [4.78, 5) is 14.1. The zero-order valence-electron chi connectivity index (χ0n) is 7.38. The Kier molecular flexibility index (Phi) is 3.70. The smallest absolute Gasteiger partial charge is 0.355 e. The lowest BCUT2D eigenvalue weighted by atomic mass is 10.1. The molecule has 1 rings (SSSR count). The van der Waals surface area contributed by atoms with Crippen LogP contribution in [0.1, 0.15) is 28.0 Å². The summed E-state index contributed by atoms with van der Waals surface area (Å²) in [5.74, 6) is -1.29. The van der Waals surface area contributed by atoms with Gasteiger partial charge in [-0.1, -0.05) is 0 Å². The predicted molar refractivity (Wildman–Crippen MR) is 51.7 cm³/mol. The standard InChI is InChI=1S/C8H7BrF2N2O2/c9-5-3(1-12)4(7(10)11)2-13-6(5)8(14)15/h2,7H,1,12H2,(H,14,15). The van der Waals surface area contributed by atoms with Crippen LogP contribution in [0.3, 0.4) is 0 Å². The molecule has 0 spiro atoms. The van der Waals surface area contributed by atoms with Gasteiger partial charge in [-0.3, -0.25) is 0 Å². The van der Waals surface area contributed by atoms with Crippen molar-refractivity contribution < 1.29 is 18.7 Å². The van der Waals surface area contributed by atoms with Crippen LogP contribution in [0.4, 0.5) is 8.78 Å². The van der Waals surface area contributed by atoms with Gasteiger partial charge in [0, 0.05) is 18.3 Å². The minimum atomic E-state index is -2.73. The lowest BCUT2D eigenvalue weighted by molar-refractivity contribution is 0.0688. The largest absolute Gasteiger partial charge is 0.476 e. The summed E-state index contributed by atoms with van der Waals surface area (Å²) in [6.07, 6.45) is -1.89. The van der Waals surface area contributed by atoms with Gasteiger partial charge in [-0.05, 0) is 21.5 Å².